The van der Waals surface area contributed by atoms with Crippen molar-refractivity contribution in [1.29, 1.82) is 0 Å². The van der Waals surface area contributed by atoms with E-state index >= 15 is 0 Å². The van der Waals surface area contributed by atoms with Crippen molar-refractivity contribution >= 4 is 17.5 Å². The lowest BCUT2D eigenvalue weighted by molar-refractivity contribution is -0.128. The average molecular weight is 342 g/mol. The highest BCUT2D eigenvalue weighted by molar-refractivity contribution is 6.00. The first-order valence-corrected chi connectivity index (χ1v) is 8.34. The van der Waals surface area contributed by atoms with Crippen molar-refractivity contribution in [2.45, 2.75) is 38.4 Å². The molecule has 0 saturated carbocycles. The molecule has 2 heterocycles. The number of carbonyl (C=O) groups is 2. The van der Waals surface area contributed by atoms with Crippen molar-refractivity contribution in [1.82, 2.24) is 15.6 Å². The summed E-state index contributed by atoms with van der Waals surface area (Å²) in [6.45, 7) is 2.04. The monoisotopic (exact) mass is 342 g/mol. The van der Waals surface area contributed by atoms with Gasteiger partial charge >= 0.3 is 0 Å². The molecule has 1 aliphatic heterocycles. The predicted molar refractivity (Wildman–Crippen MR) is 92.9 cm³/mol. The molecule has 2 atom stereocenters. The Labute approximate surface area is 146 Å². The highest BCUT2D eigenvalue weighted by Crippen LogP contribution is 2.28. The second-order valence-electron chi connectivity index (χ2n) is 6.13. The van der Waals surface area contributed by atoms with Gasteiger partial charge in [0, 0.05) is 5.69 Å². The van der Waals surface area contributed by atoms with E-state index in [1.165, 1.54) is 6.39 Å². The van der Waals surface area contributed by atoms with Gasteiger partial charge in [-0.15, -0.1) is 0 Å². The number of rotatable bonds is 5. The fourth-order valence-corrected chi connectivity index (χ4v) is 2.92. The molecular weight excluding hydrogens is 320 g/mol. The number of para-hydroxylation sites is 1. The molecule has 7 heteroatoms. The zero-order valence-electron chi connectivity index (χ0n) is 14.4. The average Bonchev–Trinajstić information content (AvgIpc) is 3.11. The second-order valence-corrected chi connectivity index (χ2v) is 6.13. The molecular formula is C18H22N4O3. The van der Waals surface area contributed by atoms with Crippen molar-refractivity contribution in [3.05, 3.63) is 48.2 Å². The number of anilines is 1. The van der Waals surface area contributed by atoms with Crippen LogP contribution in [0.5, 0.6) is 0 Å². The Morgan fingerprint density at radius 3 is 2.96 bits per heavy atom. The quantitative estimate of drug-likeness (QED) is 0.854. The molecule has 0 bridgehead atoms. The van der Waals surface area contributed by atoms with Crippen LogP contribution in [-0.4, -0.2) is 35.9 Å². The number of hydrogen-bond donors (Lipinski definition) is 2. The maximum absolute atomic E-state index is 13.1. The van der Waals surface area contributed by atoms with Gasteiger partial charge in [-0.2, -0.15) is 0 Å². The highest BCUT2D eigenvalue weighted by atomic mass is 16.3. The third-order valence-corrected chi connectivity index (χ3v) is 4.49. The number of oxazole rings is 1. The van der Waals surface area contributed by atoms with E-state index in [2.05, 4.69) is 15.6 Å². The molecule has 0 saturated heterocycles. The molecule has 0 radical (unpaired) electrons. The standard InChI is InChI=1S/C18H22N4O3/c1-12(19-2)17(23)21-15-8-7-13-5-3-4-6-16(13)22(18(15)24)10-14-9-20-11-25-14/h3-6,9,11-12,15,19H,7-8,10H2,1-2H3,(H,21,23)/t12?,15-/m0/s1. The molecule has 1 aliphatic rings. The van der Waals surface area contributed by atoms with E-state index in [1.807, 2.05) is 24.3 Å². The first-order chi connectivity index (χ1) is 12.1. The van der Waals surface area contributed by atoms with Gasteiger partial charge in [0.25, 0.3) is 0 Å². The number of hydrogen-bond acceptors (Lipinski definition) is 5. The Morgan fingerprint density at radius 1 is 1.44 bits per heavy atom. The maximum atomic E-state index is 13.1. The van der Waals surface area contributed by atoms with Crippen molar-refractivity contribution in [2.75, 3.05) is 11.9 Å². The summed E-state index contributed by atoms with van der Waals surface area (Å²) >= 11 is 0. The van der Waals surface area contributed by atoms with Crippen LogP contribution in [-0.2, 0) is 22.6 Å². The summed E-state index contributed by atoms with van der Waals surface area (Å²) in [5.74, 6) is 0.267. The van der Waals surface area contributed by atoms with E-state index in [4.69, 9.17) is 4.42 Å². The number of carbonyl (C=O) groups excluding carboxylic acids is 2. The lowest BCUT2D eigenvalue weighted by atomic mass is 10.1. The molecule has 0 aliphatic carbocycles. The van der Waals surface area contributed by atoms with Crippen LogP contribution in [0.4, 0.5) is 5.69 Å². The molecule has 1 aromatic carbocycles. The zero-order valence-corrected chi connectivity index (χ0v) is 14.4. The molecule has 3 rings (SSSR count). The van der Waals surface area contributed by atoms with E-state index in [1.54, 1.807) is 25.1 Å². The topological polar surface area (TPSA) is 87.5 Å². The Hall–Kier alpha value is -2.67. The highest BCUT2D eigenvalue weighted by Gasteiger charge is 2.32. The molecule has 0 spiro atoms. The Balaban J connectivity index is 1.88. The van der Waals surface area contributed by atoms with Crippen LogP contribution in [0.1, 0.15) is 24.7 Å². The largest absolute Gasteiger partial charge is 0.447 e. The minimum Gasteiger partial charge on any atom is -0.447 e. The van der Waals surface area contributed by atoms with Gasteiger partial charge in [0.05, 0.1) is 18.8 Å². The third kappa shape index (κ3) is 3.71. The maximum Gasteiger partial charge on any atom is 0.249 e. The van der Waals surface area contributed by atoms with Crippen LogP contribution in [0.15, 0.2) is 41.3 Å². The smallest absolute Gasteiger partial charge is 0.249 e. The van der Waals surface area contributed by atoms with Crippen LogP contribution < -0.4 is 15.5 Å². The summed E-state index contributed by atoms with van der Waals surface area (Å²) < 4.78 is 5.31. The summed E-state index contributed by atoms with van der Waals surface area (Å²) in [5, 5.41) is 5.75. The molecule has 1 unspecified atom stereocenters. The summed E-state index contributed by atoms with van der Waals surface area (Å²) in [4.78, 5) is 30.9. The molecule has 2 aromatic rings. The van der Waals surface area contributed by atoms with Gasteiger partial charge in [0.15, 0.2) is 6.39 Å². The van der Waals surface area contributed by atoms with Crippen molar-refractivity contribution in [3.63, 3.8) is 0 Å². The number of nitrogens with zero attached hydrogens (tertiary/aromatic N) is 2. The number of benzene rings is 1. The number of amides is 2. The zero-order chi connectivity index (χ0) is 17.8. The van der Waals surface area contributed by atoms with Gasteiger partial charge in [0.2, 0.25) is 11.8 Å². The summed E-state index contributed by atoms with van der Waals surface area (Å²) in [5.41, 5.74) is 1.93. The number of fused-ring (bicyclic) bond motifs is 1. The van der Waals surface area contributed by atoms with Gasteiger partial charge in [-0.05, 0) is 38.4 Å². The third-order valence-electron chi connectivity index (χ3n) is 4.49. The molecule has 7 nitrogen and oxygen atoms in total. The van der Waals surface area contributed by atoms with Crippen LogP contribution in [0.25, 0.3) is 0 Å². The van der Waals surface area contributed by atoms with Gasteiger partial charge < -0.3 is 20.0 Å². The molecule has 2 N–H and O–H groups in total. The lowest BCUT2D eigenvalue weighted by Gasteiger charge is -2.26. The molecule has 2 amide bonds. The second kappa shape index (κ2) is 7.48. The van der Waals surface area contributed by atoms with E-state index in [0.29, 0.717) is 18.6 Å². The number of aromatic nitrogens is 1. The van der Waals surface area contributed by atoms with Gasteiger partial charge in [-0.3, -0.25) is 9.59 Å². The predicted octanol–water partition coefficient (Wildman–Crippen LogP) is 1.25. The first kappa shape index (κ1) is 17.2. The molecule has 1 aromatic heterocycles. The van der Waals surface area contributed by atoms with Gasteiger partial charge in [-0.25, -0.2) is 4.98 Å². The fraction of sp³-hybridized carbons (Fsp3) is 0.389. The van der Waals surface area contributed by atoms with Crippen LogP contribution in [0.3, 0.4) is 0 Å². The minimum atomic E-state index is -0.571. The number of nitrogens with one attached hydrogen (secondary N) is 2. The number of aryl methyl sites for hydroxylation is 1. The molecule has 132 valence electrons. The van der Waals surface area contributed by atoms with Crippen molar-refractivity contribution in [3.8, 4) is 0 Å². The number of likely N-dealkylation sites (N-methyl/N-ethyl adjacent to an activating group) is 1. The van der Waals surface area contributed by atoms with Crippen LogP contribution in [0, 0.1) is 0 Å². The SMILES string of the molecule is CNC(C)C(=O)N[C@H]1CCc2ccccc2N(Cc2cnco2)C1=O. The first-order valence-electron chi connectivity index (χ1n) is 8.34. The Bertz CT molecular complexity index is 745. The van der Waals surface area contributed by atoms with E-state index in [9.17, 15) is 9.59 Å². The summed E-state index contributed by atoms with van der Waals surface area (Å²) in [6, 6.07) is 6.86. The molecule has 25 heavy (non-hydrogen) atoms. The van der Waals surface area contributed by atoms with Crippen LogP contribution >= 0.6 is 0 Å². The summed E-state index contributed by atoms with van der Waals surface area (Å²) in [6.07, 6.45) is 4.22. The Kier molecular flexibility index (Phi) is 5.14. The van der Waals surface area contributed by atoms with Gasteiger partial charge in [-0.1, -0.05) is 18.2 Å². The summed E-state index contributed by atoms with van der Waals surface area (Å²) in [7, 11) is 1.71. The van der Waals surface area contributed by atoms with Crippen LogP contribution in [0.2, 0.25) is 0 Å². The van der Waals surface area contributed by atoms with Gasteiger partial charge in [0.1, 0.15) is 11.8 Å². The fourth-order valence-electron chi connectivity index (χ4n) is 2.92. The van der Waals surface area contributed by atoms with Crippen molar-refractivity contribution < 1.29 is 14.0 Å². The molecule has 0 fully saturated rings. The van der Waals surface area contributed by atoms with E-state index in [0.717, 1.165) is 11.3 Å². The van der Waals surface area contributed by atoms with E-state index < -0.39 is 6.04 Å². The minimum absolute atomic E-state index is 0.141. The normalized spacial score (nSPS) is 18.4. The van der Waals surface area contributed by atoms with E-state index in [-0.39, 0.29) is 24.4 Å². The van der Waals surface area contributed by atoms with Crippen molar-refractivity contribution in [2.24, 2.45) is 0 Å². The Morgan fingerprint density at radius 2 is 2.24 bits per heavy atom. The lowest BCUT2D eigenvalue weighted by Crippen LogP contribution is -2.52.